The highest BCUT2D eigenvalue weighted by molar-refractivity contribution is 7.91. The van der Waals surface area contributed by atoms with Gasteiger partial charge in [0.25, 0.3) is 0 Å². The van der Waals surface area contributed by atoms with Gasteiger partial charge >= 0.3 is 6.09 Å². The number of fused-ring (bicyclic) bond motifs is 1. The van der Waals surface area contributed by atoms with Crippen LogP contribution in [0.2, 0.25) is 0 Å². The summed E-state index contributed by atoms with van der Waals surface area (Å²) >= 11 is 0. The topological polar surface area (TPSA) is 148 Å². The Morgan fingerprint density at radius 2 is 1.93 bits per heavy atom. The Balaban J connectivity index is 2.74. The van der Waals surface area contributed by atoms with Crippen molar-refractivity contribution in [3.63, 3.8) is 0 Å². The van der Waals surface area contributed by atoms with E-state index in [1.54, 1.807) is 20.8 Å². The third-order valence-electron chi connectivity index (χ3n) is 4.64. The Kier molecular flexibility index (Phi) is 6.13. The van der Waals surface area contributed by atoms with Gasteiger partial charge in [-0.15, -0.1) is 0 Å². The fourth-order valence-corrected chi connectivity index (χ4v) is 4.09. The Hall–Kier alpha value is -3.13. The summed E-state index contributed by atoms with van der Waals surface area (Å²) in [6.45, 7) is 6.29. The molecule has 0 aliphatic carbocycles. The lowest BCUT2D eigenvalue weighted by atomic mass is 9.98. The minimum absolute atomic E-state index is 0.130. The molecule has 1 aromatic carbocycles. The predicted molar refractivity (Wildman–Crippen MR) is 110 cm³/mol. The van der Waals surface area contributed by atoms with Crippen LogP contribution >= 0.6 is 0 Å². The number of hydrogen-bond acceptors (Lipinski definition) is 6. The molecule has 0 saturated heterocycles. The minimum atomic E-state index is -3.71. The maximum absolute atomic E-state index is 13.1. The Labute approximate surface area is 175 Å². The quantitative estimate of drug-likeness (QED) is 0.728. The maximum Gasteiger partial charge on any atom is 0.408 e. The van der Waals surface area contributed by atoms with Crippen molar-refractivity contribution in [3.05, 3.63) is 23.8 Å². The highest BCUT2D eigenvalue weighted by Gasteiger charge is 2.46. The Morgan fingerprint density at radius 3 is 2.40 bits per heavy atom. The molecule has 2 atom stereocenters. The van der Waals surface area contributed by atoms with Crippen molar-refractivity contribution in [2.24, 2.45) is 0 Å². The number of nitriles is 1. The number of nitrogens with one attached hydrogen (secondary N) is 1. The Bertz CT molecular complexity index is 1040. The van der Waals surface area contributed by atoms with Gasteiger partial charge in [0.2, 0.25) is 11.8 Å². The van der Waals surface area contributed by atoms with Crippen molar-refractivity contribution in [3.8, 4) is 6.07 Å². The molecule has 3 amide bonds. The second kappa shape index (κ2) is 7.95. The lowest BCUT2D eigenvalue weighted by molar-refractivity contribution is -0.123. The van der Waals surface area contributed by atoms with Gasteiger partial charge in [-0.2, -0.15) is 5.26 Å². The van der Waals surface area contributed by atoms with Gasteiger partial charge in [-0.25, -0.2) is 13.2 Å². The first-order valence-electron chi connectivity index (χ1n) is 9.04. The normalized spacial score (nSPS) is 19.2. The summed E-state index contributed by atoms with van der Waals surface area (Å²) in [5, 5.41) is 21.7. The van der Waals surface area contributed by atoms with Gasteiger partial charge in [-0.3, -0.25) is 14.5 Å². The van der Waals surface area contributed by atoms with Crippen LogP contribution in [-0.4, -0.2) is 66.0 Å². The van der Waals surface area contributed by atoms with Crippen LogP contribution in [0.25, 0.3) is 0 Å². The number of sulfone groups is 1. The van der Waals surface area contributed by atoms with Crippen LogP contribution in [0.1, 0.15) is 33.3 Å². The standard InChI is InChI=1S/C19H24N4O6S/c1-11-16(23(18(26)27)19(2,3)4)17(25)21-13-7-6-12(9-20)8-14(13)22(11)15(24)10-30(5,28)29/h6-8,11,16H,10H2,1-5H3,(H,21,25)(H,26,27)/t11-,16-/m0/s1. The van der Waals surface area contributed by atoms with Crippen LogP contribution in [0.5, 0.6) is 0 Å². The van der Waals surface area contributed by atoms with E-state index in [9.17, 15) is 33.2 Å². The number of carboxylic acid groups (broad SMARTS) is 1. The van der Waals surface area contributed by atoms with Crippen LogP contribution in [0, 0.1) is 11.3 Å². The van der Waals surface area contributed by atoms with Crippen molar-refractivity contribution in [1.82, 2.24) is 4.90 Å². The Morgan fingerprint density at radius 1 is 1.33 bits per heavy atom. The monoisotopic (exact) mass is 436 g/mol. The highest BCUT2D eigenvalue weighted by Crippen LogP contribution is 2.35. The van der Waals surface area contributed by atoms with Crippen molar-refractivity contribution in [1.29, 1.82) is 5.26 Å². The summed E-state index contributed by atoms with van der Waals surface area (Å²) in [5.41, 5.74) is -0.501. The van der Waals surface area contributed by atoms with Gasteiger partial charge in [0.15, 0.2) is 9.84 Å². The number of carbonyl (C=O) groups is 3. The van der Waals surface area contributed by atoms with E-state index < -0.39 is 51.1 Å². The molecule has 2 rings (SSSR count). The molecule has 1 aliphatic heterocycles. The van der Waals surface area contributed by atoms with Gasteiger partial charge < -0.3 is 15.3 Å². The zero-order valence-electron chi connectivity index (χ0n) is 17.3. The largest absolute Gasteiger partial charge is 0.465 e. The molecule has 30 heavy (non-hydrogen) atoms. The number of hydrogen-bond donors (Lipinski definition) is 2. The molecule has 10 nitrogen and oxygen atoms in total. The van der Waals surface area contributed by atoms with Crippen LogP contribution in [0.15, 0.2) is 18.2 Å². The summed E-state index contributed by atoms with van der Waals surface area (Å²) in [4.78, 5) is 40.1. The van der Waals surface area contributed by atoms with E-state index in [4.69, 9.17) is 0 Å². The molecule has 162 valence electrons. The molecule has 1 aromatic rings. The molecule has 0 fully saturated rings. The molecule has 2 N–H and O–H groups in total. The molecule has 1 heterocycles. The summed E-state index contributed by atoms with van der Waals surface area (Å²) in [7, 11) is -3.71. The van der Waals surface area contributed by atoms with Gasteiger partial charge in [0.05, 0.1) is 29.0 Å². The van der Waals surface area contributed by atoms with Gasteiger partial charge in [-0.05, 0) is 45.9 Å². The molecular formula is C19H24N4O6S. The van der Waals surface area contributed by atoms with Crippen molar-refractivity contribution in [2.75, 3.05) is 22.2 Å². The van der Waals surface area contributed by atoms with Crippen LogP contribution < -0.4 is 10.2 Å². The maximum atomic E-state index is 13.1. The SMILES string of the molecule is C[C@H]1[C@H](N(C(=O)O)C(C)(C)C)C(=O)Nc2ccc(C#N)cc2N1C(=O)CS(C)(=O)=O. The van der Waals surface area contributed by atoms with E-state index in [2.05, 4.69) is 5.32 Å². The van der Waals surface area contributed by atoms with E-state index >= 15 is 0 Å². The first-order valence-corrected chi connectivity index (χ1v) is 11.1. The first kappa shape index (κ1) is 23.2. The number of benzene rings is 1. The second-order valence-electron chi connectivity index (χ2n) is 8.18. The van der Waals surface area contributed by atoms with E-state index in [1.165, 1.54) is 25.1 Å². The predicted octanol–water partition coefficient (Wildman–Crippen LogP) is 1.42. The van der Waals surface area contributed by atoms with E-state index in [1.807, 2.05) is 6.07 Å². The van der Waals surface area contributed by atoms with Crippen LogP contribution in [0.3, 0.4) is 0 Å². The summed E-state index contributed by atoms with van der Waals surface area (Å²) < 4.78 is 23.5. The fourth-order valence-electron chi connectivity index (χ4n) is 3.50. The highest BCUT2D eigenvalue weighted by atomic mass is 32.2. The number of nitrogens with zero attached hydrogens (tertiary/aromatic N) is 3. The fraction of sp³-hybridized carbons (Fsp3) is 0.474. The van der Waals surface area contributed by atoms with E-state index in [-0.39, 0.29) is 16.9 Å². The number of carbonyl (C=O) groups excluding carboxylic acids is 2. The second-order valence-corrected chi connectivity index (χ2v) is 10.3. The molecule has 0 saturated carbocycles. The number of amides is 3. The van der Waals surface area contributed by atoms with E-state index in [0.29, 0.717) is 0 Å². The van der Waals surface area contributed by atoms with Gasteiger partial charge in [0, 0.05) is 11.8 Å². The molecule has 0 spiro atoms. The third-order valence-corrected chi connectivity index (χ3v) is 5.41. The molecule has 0 bridgehead atoms. The van der Waals surface area contributed by atoms with Crippen molar-refractivity contribution in [2.45, 2.75) is 45.3 Å². The zero-order valence-corrected chi connectivity index (χ0v) is 18.1. The molecule has 1 aliphatic rings. The van der Waals surface area contributed by atoms with Crippen LogP contribution in [-0.2, 0) is 19.4 Å². The molecule has 0 radical (unpaired) electrons. The molecule has 0 aromatic heterocycles. The van der Waals surface area contributed by atoms with Gasteiger partial charge in [0.1, 0.15) is 11.8 Å². The lowest BCUT2D eigenvalue weighted by Crippen LogP contribution is -2.63. The molecular weight excluding hydrogens is 412 g/mol. The number of anilines is 2. The van der Waals surface area contributed by atoms with E-state index in [0.717, 1.165) is 16.1 Å². The van der Waals surface area contributed by atoms with Crippen molar-refractivity contribution >= 4 is 39.1 Å². The van der Waals surface area contributed by atoms with Gasteiger partial charge in [-0.1, -0.05) is 0 Å². The van der Waals surface area contributed by atoms with Crippen LogP contribution in [0.4, 0.5) is 16.2 Å². The average Bonchev–Trinajstić information content (AvgIpc) is 2.66. The van der Waals surface area contributed by atoms with Crippen molar-refractivity contribution < 1.29 is 27.9 Å². The number of rotatable bonds is 3. The smallest absolute Gasteiger partial charge is 0.408 e. The summed E-state index contributed by atoms with van der Waals surface area (Å²) in [5.74, 6) is -2.33. The lowest BCUT2D eigenvalue weighted by Gasteiger charge is -2.42. The molecule has 0 unspecified atom stereocenters. The summed E-state index contributed by atoms with van der Waals surface area (Å²) in [6.07, 6.45) is -0.465. The molecule has 11 heteroatoms. The average molecular weight is 436 g/mol. The summed E-state index contributed by atoms with van der Waals surface area (Å²) in [6, 6.07) is 3.76. The third kappa shape index (κ3) is 4.71. The minimum Gasteiger partial charge on any atom is -0.465 e. The zero-order chi connectivity index (χ0) is 23.0. The first-order chi connectivity index (χ1) is 13.7.